The third-order valence-corrected chi connectivity index (χ3v) is 4.31. The molecule has 0 fully saturated rings. The van der Waals surface area contributed by atoms with Crippen LogP contribution in [0.15, 0.2) is 30.3 Å². The number of ketones is 1. The molecule has 1 heterocycles. The van der Waals surface area contributed by atoms with Crippen molar-refractivity contribution in [2.75, 3.05) is 13.2 Å². The number of benzene rings is 1. The second-order valence-electron chi connectivity index (χ2n) is 5.09. The number of carbonyl (C=O) groups excluding carboxylic acids is 2. The molecule has 0 saturated heterocycles. The fourth-order valence-electron chi connectivity index (χ4n) is 2.01. The zero-order valence-corrected chi connectivity index (χ0v) is 14.8. The molecule has 0 bridgehead atoms. The number of hydrogen-bond acceptors (Lipinski definition) is 6. The van der Waals surface area contributed by atoms with Gasteiger partial charge in [0.15, 0.2) is 18.1 Å². The molecule has 0 atom stereocenters. The molecular formula is C18H18N2O4S. The van der Waals surface area contributed by atoms with Crippen LogP contribution in [0.25, 0.3) is 0 Å². The van der Waals surface area contributed by atoms with Crippen molar-refractivity contribution >= 4 is 23.0 Å². The van der Waals surface area contributed by atoms with Crippen LogP contribution in [0.1, 0.15) is 34.0 Å². The number of rotatable bonds is 8. The summed E-state index contributed by atoms with van der Waals surface area (Å²) in [4.78, 5) is 24.6. The number of amides is 1. The smallest absolute Gasteiger partial charge is 0.217 e. The normalized spacial score (nSPS) is 9.96. The van der Waals surface area contributed by atoms with E-state index in [-0.39, 0.29) is 18.3 Å². The van der Waals surface area contributed by atoms with Crippen LogP contribution in [-0.2, 0) is 11.3 Å². The lowest BCUT2D eigenvalue weighted by Crippen LogP contribution is -2.18. The van der Waals surface area contributed by atoms with Gasteiger partial charge in [0.25, 0.3) is 0 Å². The number of nitrogens with zero attached hydrogens (tertiary/aromatic N) is 1. The number of nitriles is 1. The Hall–Kier alpha value is -2.85. The molecule has 130 valence electrons. The Morgan fingerprint density at radius 3 is 2.68 bits per heavy atom. The Kier molecular flexibility index (Phi) is 6.54. The first-order chi connectivity index (χ1) is 12.0. The van der Waals surface area contributed by atoms with Gasteiger partial charge in [-0.05, 0) is 31.2 Å². The van der Waals surface area contributed by atoms with Gasteiger partial charge in [-0.3, -0.25) is 9.59 Å². The van der Waals surface area contributed by atoms with E-state index in [2.05, 4.69) is 5.32 Å². The number of nitrogens with one attached hydrogen (secondary N) is 1. The standard InChI is InChI=1S/C18H18N2O4S/c1-3-23-17-8-13(9-19)4-6-16(17)24-11-15(22)18-7-5-14(25-18)10-20-12(2)21/h4-8H,3,10-11H2,1-2H3,(H,20,21). The monoisotopic (exact) mass is 358 g/mol. The van der Waals surface area contributed by atoms with Crippen molar-refractivity contribution < 1.29 is 19.1 Å². The predicted octanol–water partition coefficient (Wildman–Crippen LogP) is 2.92. The van der Waals surface area contributed by atoms with Gasteiger partial charge < -0.3 is 14.8 Å². The first kappa shape index (κ1) is 18.5. The van der Waals surface area contributed by atoms with Crippen LogP contribution in [0.5, 0.6) is 11.5 Å². The Bertz CT molecular complexity index is 808. The van der Waals surface area contributed by atoms with Crippen molar-refractivity contribution in [3.63, 3.8) is 0 Å². The molecule has 1 N–H and O–H groups in total. The Morgan fingerprint density at radius 1 is 1.20 bits per heavy atom. The summed E-state index contributed by atoms with van der Waals surface area (Å²) in [7, 11) is 0. The molecule has 6 nitrogen and oxygen atoms in total. The van der Waals surface area contributed by atoms with Crippen molar-refractivity contribution in [2.45, 2.75) is 20.4 Å². The molecule has 0 unspecified atom stereocenters. The van der Waals surface area contributed by atoms with E-state index >= 15 is 0 Å². The predicted molar refractivity (Wildman–Crippen MR) is 94.0 cm³/mol. The average Bonchev–Trinajstić information content (AvgIpc) is 3.08. The number of ether oxygens (including phenoxy) is 2. The summed E-state index contributed by atoms with van der Waals surface area (Å²) < 4.78 is 11.0. The molecule has 0 radical (unpaired) electrons. The van der Waals surface area contributed by atoms with E-state index in [0.717, 1.165) is 4.88 Å². The quantitative estimate of drug-likeness (QED) is 0.733. The number of hydrogen-bond donors (Lipinski definition) is 1. The van der Waals surface area contributed by atoms with Crippen molar-refractivity contribution in [1.29, 1.82) is 5.26 Å². The Balaban J connectivity index is 2.00. The van der Waals surface area contributed by atoms with Crippen molar-refractivity contribution in [2.24, 2.45) is 0 Å². The lowest BCUT2D eigenvalue weighted by atomic mass is 10.2. The molecule has 1 aromatic carbocycles. The van der Waals surface area contributed by atoms with Gasteiger partial charge in [-0.1, -0.05) is 0 Å². The van der Waals surface area contributed by atoms with Crippen LogP contribution in [0.4, 0.5) is 0 Å². The first-order valence-electron chi connectivity index (χ1n) is 7.69. The van der Waals surface area contributed by atoms with E-state index in [9.17, 15) is 9.59 Å². The fraction of sp³-hybridized carbons (Fsp3) is 0.278. The van der Waals surface area contributed by atoms with E-state index in [0.29, 0.717) is 35.1 Å². The second kappa shape index (κ2) is 8.85. The number of Topliss-reactive ketones (excluding diaryl/α,β-unsaturated/α-hetero) is 1. The molecule has 0 saturated carbocycles. The zero-order valence-electron chi connectivity index (χ0n) is 14.0. The molecule has 0 aliphatic carbocycles. The maximum atomic E-state index is 12.3. The van der Waals surface area contributed by atoms with E-state index in [4.69, 9.17) is 14.7 Å². The average molecular weight is 358 g/mol. The highest BCUT2D eigenvalue weighted by atomic mass is 32.1. The van der Waals surface area contributed by atoms with Crippen molar-refractivity contribution in [1.82, 2.24) is 5.32 Å². The molecule has 7 heteroatoms. The first-order valence-corrected chi connectivity index (χ1v) is 8.51. The van der Waals surface area contributed by atoms with Crippen LogP contribution < -0.4 is 14.8 Å². The Labute approximate surface area is 150 Å². The van der Waals surface area contributed by atoms with Gasteiger partial charge in [-0.25, -0.2) is 0 Å². The topological polar surface area (TPSA) is 88.4 Å². The lowest BCUT2D eigenvalue weighted by Gasteiger charge is -2.11. The SMILES string of the molecule is CCOc1cc(C#N)ccc1OCC(=O)c1ccc(CNC(C)=O)s1. The van der Waals surface area contributed by atoms with Crippen LogP contribution in [0.3, 0.4) is 0 Å². The summed E-state index contributed by atoms with van der Waals surface area (Å²) in [6.07, 6.45) is 0. The van der Waals surface area contributed by atoms with E-state index in [1.54, 1.807) is 30.3 Å². The summed E-state index contributed by atoms with van der Waals surface area (Å²) in [5.74, 6) is 0.580. The molecule has 1 aromatic heterocycles. The minimum absolute atomic E-state index is 0.117. The maximum Gasteiger partial charge on any atom is 0.217 e. The highest BCUT2D eigenvalue weighted by molar-refractivity contribution is 7.14. The van der Waals surface area contributed by atoms with Gasteiger partial charge >= 0.3 is 0 Å². The minimum Gasteiger partial charge on any atom is -0.490 e. The molecule has 1 amide bonds. The third kappa shape index (κ3) is 5.33. The van der Waals surface area contributed by atoms with Gasteiger partial charge in [-0.15, -0.1) is 11.3 Å². The summed E-state index contributed by atoms with van der Waals surface area (Å²) >= 11 is 1.32. The van der Waals surface area contributed by atoms with Crippen LogP contribution in [0, 0.1) is 11.3 Å². The van der Waals surface area contributed by atoms with E-state index in [1.165, 1.54) is 18.3 Å². The van der Waals surface area contributed by atoms with Gasteiger partial charge in [0.1, 0.15) is 0 Å². The number of thiophene rings is 1. The highest BCUT2D eigenvalue weighted by Gasteiger charge is 2.13. The van der Waals surface area contributed by atoms with Gasteiger partial charge in [-0.2, -0.15) is 5.26 Å². The summed E-state index contributed by atoms with van der Waals surface area (Å²) in [6.45, 7) is 3.97. The molecule has 2 rings (SSSR count). The molecule has 0 spiro atoms. The van der Waals surface area contributed by atoms with Crippen molar-refractivity contribution in [3.8, 4) is 17.6 Å². The van der Waals surface area contributed by atoms with Crippen LogP contribution >= 0.6 is 11.3 Å². The second-order valence-corrected chi connectivity index (χ2v) is 6.26. The lowest BCUT2D eigenvalue weighted by molar-refractivity contribution is -0.119. The third-order valence-electron chi connectivity index (χ3n) is 3.18. The minimum atomic E-state index is -0.161. The van der Waals surface area contributed by atoms with Crippen LogP contribution in [-0.4, -0.2) is 24.9 Å². The van der Waals surface area contributed by atoms with Crippen LogP contribution in [0.2, 0.25) is 0 Å². The van der Waals surface area contributed by atoms with E-state index in [1.807, 2.05) is 13.0 Å². The summed E-state index contributed by atoms with van der Waals surface area (Å²) in [5, 5.41) is 11.6. The Morgan fingerprint density at radius 2 is 2.00 bits per heavy atom. The van der Waals surface area contributed by atoms with Crippen molar-refractivity contribution in [3.05, 3.63) is 45.6 Å². The summed E-state index contributed by atoms with van der Waals surface area (Å²) in [6, 6.07) is 10.4. The molecule has 2 aromatic rings. The zero-order chi connectivity index (χ0) is 18.2. The van der Waals surface area contributed by atoms with E-state index < -0.39 is 0 Å². The molecule has 0 aliphatic rings. The maximum absolute atomic E-state index is 12.3. The van der Waals surface area contributed by atoms with Gasteiger partial charge in [0.2, 0.25) is 11.7 Å². The number of carbonyl (C=O) groups is 2. The molecule has 25 heavy (non-hydrogen) atoms. The highest BCUT2D eigenvalue weighted by Crippen LogP contribution is 2.28. The van der Waals surface area contributed by atoms with Gasteiger partial charge in [0, 0.05) is 17.9 Å². The molecular weight excluding hydrogens is 340 g/mol. The summed E-state index contributed by atoms with van der Waals surface area (Å²) in [5.41, 5.74) is 0.461. The largest absolute Gasteiger partial charge is 0.490 e. The van der Waals surface area contributed by atoms with Gasteiger partial charge in [0.05, 0.1) is 29.7 Å². The molecule has 0 aliphatic heterocycles. The fourth-order valence-corrected chi connectivity index (χ4v) is 2.89.